The van der Waals surface area contributed by atoms with E-state index in [-0.39, 0.29) is 54.5 Å². The Kier molecular flexibility index (Phi) is 91.5. The fraction of sp³-hybridized carbons (Fsp3) is 0.692. The zero-order valence-electron chi connectivity index (χ0n) is 13.2. The van der Waals surface area contributed by atoms with Crippen LogP contribution in [0, 0.1) is 26.6 Å². The predicted octanol–water partition coefficient (Wildman–Crippen LogP) is 3.16. The zero-order chi connectivity index (χ0) is 16.3. The first-order valence-corrected chi connectivity index (χ1v) is 6.60. The minimum Gasteiger partial charge on any atom is 0 e. The summed E-state index contributed by atoms with van der Waals surface area (Å²) < 4.78 is 30.0. The van der Waals surface area contributed by atoms with Crippen molar-refractivity contribution >= 4 is 37.5 Å². The summed E-state index contributed by atoms with van der Waals surface area (Å²) in [5.74, 6) is 0. The van der Waals surface area contributed by atoms with Gasteiger partial charge in [-0.3, -0.25) is 0 Å². The molecule has 0 fully saturated rings. The molecule has 0 rings (SSSR count). The average Bonchev–Trinajstić information content (AvgIpc) is 2.37. The van der Waals surface area contributed by atoms with Crippen molar-refractivity contribution in [3.05, 3.63) is 26.6 Å². The second-order valence-corrected chi connectivity index (χ2v) is 7.72. The largest absolute Gasteiger partial charge is 0 e. The van der Waals surface area contributed by atoms with Gasteiger partial charge in [0.2, 0.25) is 0 Å². The molecule has 0 amide bonds. The van der Waals surface area contributed by atoms with E-state index in [1.165, 1.54) is 0 Å². The molecule has 110 valence electrons. The van der Waals surface area contributed by atoms with E-state index in [0.29, 0.717) is 0 Å². The van der Waals surface area contributed by atoms with Gasteiger partial charge in [0.15, 0.2) is 0 Å². The van der Waals surface area contributed by atoms with Crippen LogP contribution in [0.1, 0.15) is 41.5 Å². The Labute approximate surface area is 157 Å². The van der Waals surface area contributed by atoms with Gasteiger partial charge in [-0.2, -0.15) is 0 Å². The Hall–Kier alpha value is 0.909. The molecule has 0 saturated carbocycles. The van der Waals surface area contributed by atoms with E-state index in [0.717, 1.165) is 17.0 Å². The van der Waals surface area contributed by atoms with Gasteiger partial charge in [0.25, 0.3) is 0 Å². The van der Waals surface area contributed by atoms with Crippen molar-refractivity contribution in [2.45, 2.75) is 58.5 Å². The zero-order valence-corrected chi connectivity index (χ0v) is 17.3. The van der Waals surface area contributed by atoms with Crippen LogP contribution in [0.2, 0.25) is 0 Å². The van der Waals surface area contributed by atoms with Crippen LogP contribution >= 0.6 is 7.92 Å². The third-order valence-corrected chi connectivity index (χ3v) is 5.37. The molecule has 0 aromatic heterocycles. The fourth-order valence-corrected chi connectivity index (χ4v) is 5.37. The van der Waals surface area contributed by atoms with Gasteiger partial charge >= 0.3 is 45.2 Å². The van der Waals surface area contributed by atoms with Crippen molar-refractivity contribution < 1.29 is 35.7 Å². The van der Waals surface area contributed by atoms with Crippen LogP contribution in [0.4, 0.5) is 0 Å². The molecule has 0 aromatic rings. The molecule has 0 unspecified atom stereocenters. The van der Waals surface area contributed by atoms with Crippen molar-refractivity contribution in [2.24, 2.45) is 0 Å². The smallest absolute Gasteiger partial charge is 0 e. The van der Waals surface area contributed by atoms with Crippen LogP contribution in [0.15, 0.2) is 0 Å². The Balaban J connectivity index is -0.0000000292. The van der Waals surface area contributed by atoms with Crippen LogP contribution in [0.25, 0.3) is 0 Å². The Morgan fingerprint density at radius 1 is 0.550 bits per heavy atom. The molecule has 4 nitrogen and oxygen atoms in total. The second-order valence-electron chi connectivity index (χ2n) is 3.73. The van der Waals surface area contributed by atoms with Crippen LogP contribution in [-0.2, 0) is 35.7 Å². The summed E-state index contributed by atoms with van der Waals surface area (Å²) in [5, 5.41) is 0. The average molecular weight is 350 g/mol. The third-order valence-electron chi connectivity index (χ3n) is 1.79. The molecule has 0 aliphatic carbocycles. The minimum atomic E-state index is 0. The normalized spacial score (nSPS) is 6.70. The summed E-state index contributed by atoms with van der Waals surface area (Å²) >= 11 is 0. The van der Waals surface area contributed by atoms with Gasteiger partial charge < -0.3 is 0 Å². The quantitative estimate of drug-likeness (QED) is 0.324. The third kappa shape index (κ3) is 36.4. The number of hydrogen-bond donors (Lipinski definition) is 0. The molecule has 2 radical (unpaired) electrons. The molecule has 0 spiro atoms. The number of rotatable bonds is 3. The van der Waals surface area contributed by atoms with Gasteiger partial charge in [-0.05, 0) is 17.0 Å². The number of hydrogen-bond acceptors (Lipinski definition) is 0. The van der Waals surface area contributed by atoms with E-state index in [4.69, 9.17) is 18.6 Å². The SMILES string of the molecule is CC(C)P(C(C)C)C(C)C.[C-]#[O+].[C-]#[O+].[C-]#[O+].[C-]#[O+].[Mn].[Na]. The van der Waals surface area contributed by atoms with E-state index < -0.39 is 0 Å². The first kappa shape index (κ1) is 42.8. The van der Waals surface area contributed by atoms with E-state index in [2.05, 4.69) is 68.1 Å². The first-order chi connectivity index (χ1) is 8.46. The summed E-state index contributed by atoms with van der Waals surface area (Å²) in [6.45, 7) is 32.1. The van der Waals surface area contributed by atoms with Crippen LogP contribution in [0.5, 0.6) is 0 Å². The molecule has 0 atom stereocenters. The van der Waals surface area contributed by atoms with Gasteiger partial charge in [-0.1, -0.05) is 49.5 Å². The van der Waals surface area contributed by atoms with Gasteiger partial charge in [0.1, 0.15) is 0 Å². The molecule has 0 saturated heterocycles. The molecule has 0 heterocycles. The monoisotopic (exact) mass is 350 g/mol. The van der Waals surface area contributed by atoms with Crippen molar-refractivity contribution in [1.29, 1.82) is 0 Å². The summed E-state index contributed by atoms with van der Waals surface area (Å²) in [6.07, 6.45) is 0. The van der Waals surface area contributed by atoms with Crippen LogP contribution in [0.3, 0.4) is 0 Å². The van der Waals surface area contributed by atoms with E-state index in [1.807, 2.05) is 0 Å². The maximum Gasteiger partial charge on any atom is 0 e. The molecule has 7 heteroatoms. The first-order valence-electron chi connectivity index (χ1n) is 5.06. The molecule has 0 aliphatic rings. The van der Waals surface area contributed by atoms with Gasteiger partial charge in [0, 0.05) is 46.6 Å². The van der Waals surface area contributed by atoms with Gasteiger partial charge in [0.05, 0.1) is 0 Å². The summed E-state index contributed by atoms with van der Waals surface area (Å²) in [7, 11) is 0.262. The minimum absolute atomic E-state index is 0. The maximum absolute atomic E-state index is 7.50. The molecule has 0 N–H and O–H groups in total. The maximum atomic E-state index is 7.50. The molecule has 0 bridgehead atoms. The Bertz CT molecular complexity index is 182. The van der Waals surface area contributed by atoms with Gasteiger partial charge in [-0.15, -0.1) is 0 Å². The standard InChI is InChI=1S/C9H21P.4CO.Mn.Na/c1-7(2)10(8(3)4)9(5)6;4*1-2;;/h7-9H,1-6H3;;;;;;. The predicted molar refractivity (Wildman–Crippen MR) is 73.8 cm³/mol. The van der Waals surface area contributed by atoms with Crippen LogP contribution in [-0.4, -0.2) is 46.5 Å². The Morgan fingerprint density at radius 2 is 0.650 bits per heavy atom. The van der Waals surface area contributed by atoms with Crippen molar-refractivity contribution in [3.63, 3.8) is 0 Å². The molecule has 20 heavy (non-hydrogen) atoms. The van der Waals surface area contributed by atoms with Gasteiger partial charge in [-0.25, -0.2) is 0 Å². The van der Waals surface area contributed by atoms with E-state index >= 15 is 0 Å². The fourth-order valence-electron chi connectivity index (χ4n) is 1.79. The molecule has 0 aromatic carbocycles. The second kappa shape index (κ2) is 42.7. The summed E-state index contributed by atoms with van der Waals surface area (Å²) in [6, 6.07) is 0. The van der Waals surface area contributed by atoms with Crippen molar-refractivity contribution in [3.8, 4) is 0 Å². The molecular weight excluding hydrogens is 329 g/mol. The van der Waals surface area contributed by atoms with Crippen molar-refractivity contribution in [2.75, 3.05) is 0 Å². The Morgan fingerprint density at radius 3 is 0.650 bits per heavy atom. The molecule has 0 aliphatic heterocycles. The van der Waals surface area contributed by atoms with E-state index in [9.17, 15) is 0 Å². The molecular formula is C13H21MnNaO4P. The topological polar surface area (TPSA) is 79.6 Å². The summed E-state index contributed by atoms with van der Waals surface area (Å²) in [4.78, 5) is 0. The summed E-state index contributed by atoms with van der Waals surface area (Å²) in [5.41, 5.74) is 2.69. The van der Waals surface area contributed by atoms with Crippen molar-refractivity contribution in [1.82, 2.24) is 0 Å². The van der Waals surface area contributed by atoms with Crippen LogP contribution < -0.4 is 0 Å². The van der Waals surface area contributed by atoms with E-state index in [1.54, 1.807) is 0 Å².